The molecule has 1 N–H and O–H groups in total. The van der Waals surface area contributed by atoms with Crippen molar-refractivity contribution in [1.29, 1.82) is 0 Å². The van der Waals surface area contributed by atoms with Gasteiger partial charge in [-0.15, -0.1) is 0 Å². The van der Waals surface area contributed by atoms with E-state index in [0.29, 0.717) is 0 Å². The number of rotatable bonds is 14. The van der Waals surface area contributed by atoms with Crippen LogP contribution in [-0.2, 0) is 23.0 Å². The molecule has 0 aliphatic heterocycles. The zero-order chi connectivity index (χ0) is 21.8. The van der Waals surface area contributed by atoms with Crippen LogP contribution in [0.15, 0.2) is 17.0 Å². The van der Waals surface area contributed by atoms with Gasteiger partial charge in [0.2, 0.25) is 0 Å². The van der Waals surface area contributed by atoms with Gasteiger partial charge in [-0.05, 0) is 60.8 Å². The maximum atomic E-state index is 12.1. The molecule has 172 valence electrons. The lowest BCUT2D eigenvalue weighted by molar-refractivity contribution is 0.430. The van der Waals surface area contributed by atoms with Crippen LogP contribution < -0.4 is 0 Å². The van der Waals surface area contributed by atoms with Gasteiger partial charge >= 0.3 is 0 Å². The van der Waals surface area contributed by atoms with Crippen LogP contribution in [0.25, 0.3) is 0 Å². The lowest BCUT2D eigenvalue weighted by Crippen LogP contribution is -2.15. The minimum atomic E-state index is -4.18. The Bertz CT molecular complexity index is 718. The van der Waals surface area contributed by atoms with Crippen LogP contribution in [0, 0.1) is 0 Å². The van der Waals surface area contributed by atoms with Gasteiger partial charge < -0.3 is 0 Å². The quantitative estimate of drug-likeness (QED) is 0.237. The van der Waals surface area contributed by atoms with E-state index in [-0.39, 0.29) is 10.8 Å². The summed E-state index contributed by atoms with van der Waals surface area (Å²) < 4.78 is 34.2. The first-order chi connectivity index (χ1) is 14.5. The molecule has 1 aliphatic rings. The average Bonchev–Trinajstić information content (AvgIpc) is 2.74. The summed E-state index contributed by atoms with van der Waals surface area (Å²) in [7, 11) is -4.18. The molecule has 1 aromatic carbocycles. The first-order valence-electron chi connectivity index (χ1n) is 12.6. The molecule has 0 amide bonds. The lowest BCUT2D eigenvalue weighted by Gasteiger charge is -2.27. The van der Waals surface area contributed by atoms with E-state index >= 15 is 0 Å². The number of unbranched alkanes of at least 4 members (excludes halogenated alkanes) is 9. The summed E-state index contributed by atoms with van der Waals surface area (Å²) in [5, 5.41) is 0. The van der Waals surface area contributed by atoms with Crippen LogP contribution in [-0.4, -0.2) is 13.0 Å². The molecule has 0 saturated heterocycles. The molecular formula is C26H44O3S. The monoisotopic (exact) mass is 436 g/mol. The van der Waals surface area contributed by atoms with E-state index in [2.05, 4.69) is 13.8 Å². The van der Waals surface area contributed by atoms with E-state index in [0.717, 1.165) is 50.5 Å². The van der Waals surface area contributed by atoms with Crippen molar-refractivity contribution in [2.45, 2.75) is 134 Å². The predicted molar refractivity (Wildman–Crippen MR) is 127 cm³/mol. The Balaban J connectivity index is 1.99. The van der Waals surface area contributed by atoms with E-state index in [1.54, 1.807) is 6.07 Å². The molecule has 30 heavy (non-hydrogen) atoms. The smallest absolute Gasteiger partial charge is 0.282 e. The molecule has 0 heterocycles. The van der Waals surface area contributed by atoms with E-state index in [1.807, 2.05) is 6.07 Å². The minimum Gasteiger partial charge on any atom is -0.282 e. The van der Waals surface area contributed by atoms with Crippen LogP contribution >= 0.6 is 0 Å². The summed E-state index contributed by atoms with van der Waals surface area (Å²) in [4.78, 5) is 0.175. The highest BCUT2D eigenvalue weighted by molar-refractivity contribution is 7.85. The minimum absolute atomic E-state index is 0.175. The highest BCUT2D eigenvalue weighted by atomic mass is 32.2. The Morgan fingerprint density at radius 2 is 1.40 bits per heavy atom. The zero-order valence-corrected chi connectivity index (χ0v) is 20.2. The molecule has 2 rings (SSSR count). The molecular weight excluding hydrogens is 392 g/mol. The highest BCUT2D eigenvalue weighted by Crippen LogP contribution is 2.39. The third-order valence-corrected chi connectivity index (χ3v) is 7.78. The molecule has 0 unspecified atom stereocenters. The van der Waals surface area contributed by atoms with Crippen LogP contribution in [0.3, 0.4) is 0 Å². The fourth-order valence-electron chi connectivity index (χ4n) is 5.17. The standard InChI is InChI=1S/C26H44O3S/c1-3-5-6-7-8-9-10-11-12-16-19-24-22(4-2)20-21-25(30(27,28)29)26(24)23-17-14-13-15-18-23/h20-21,23H,3-19H2,1-2H3,(H,27,28,29). The summed E-state index contributed by atoms with van der Waals surface area (Å²) in [6.45, 7) is 4.41. The largest absolute Gasteiger partial charge is 0.294 e. The SMILES string of the molecule is CCCCCCCCCCCCc1c(CC)ccc(S(=O)(=O)O)c1C1CCCCC1. The van der Waals surface area contributed by atoms with Gasteiger partial charge in [-0.25, -0.2) is 0 Å². The zero-order valence-electron chi connectivity index (χ0n) is 19.4. The Labute approximate surface area is 185 Å². The molecule has 0 aromatic heterocycles. The van der Waals surface area contributed by atoms with Crippen LogP contribution in [0.5, 0.6) is 0 Å². The van der Waals surface area contributed by atoms with Crippen molar-refractivity contribution in [3.05, 3.63) is 28.8 Å². The molecule has 0 bridgehead atoms. The van der Waals surface area contributed by atoms with E-state index < -0.39 is 10.1 Å². The topological polar surface area (TPSA) is 54.4 Å². The van der Waals surface area contributed by atoms with Gasteiger partial charge in [0.1, 0.15) is 0 Å². The second-order valence-electron chi connectivity index (χ2n) is 9.21. The van der Waals surface area contributed by atoms with Crippen molar-refractivity contribution < 1.29 is 13.0 Å². The number of benzene rings is 1. The molecule has 1 saturated carbocycles. The molecule has 3 nitrogen and oxygen atoms in total. The summed E-state index contributed by atoms with van der Waals surface area (Å²) in [6, 6.07) is 3.58. The first kappa shape index (κ1) is 25.4. The fraction of sp³-hybridized carbons (Fsp3) is 0.769. The molecule has 1 fully saturated rings. The van der Waals surface area contributed by atoms with Crippen LogP contribution in [0.1, 0.15) is 133 Å². The summed E-state index contributed by atoms with van der Waals surface area (Å²) in [5.41, 5.74) is 3.44. The fourth-order valence-corrected chi connectivity index (χ4v) is 5.98. The van der Waals surface area contributed by atoms with Gasteiger partial charge in [0.25, 0.3) is 10.1 Å². The normalized spacial score (nSPS) is 15.6. The van der Waals surface area contributed by atoms with E-state index in [9.17, 15) is 13.0 Å². The average molecular weight is 437 g/mol. The van der Waals surface area contributed by atoms with Gasteiger partial charge in [0, 0.05) is 0 Å². The number of aryl methyl sites for hydroxylation is 1. The predicted octanol–water partition coefficient (Wildman–Crippen LogP) is 8.01. The second-order valence-corrected chi connectivity index (χ2v) is 10.6. The summed E-state index contributed by atoms with van der Waals surface area (Å²) >= 11 is 0. The Morgan fingerprint density at radius 3 is 1.93 bits per heavy atom. The summed E-state index contributed by atoms with van der Waals surface area (Å²) in [6.07, 6.45) is 20.5. The van der Waals surface area contributed by atoms with Crippen molar-refractivity contribution in [1.82, 2.24) is 0 Å². The first-order valence-corrected chi connectivity index (χ1v) is 14.0. The van der Waals surface area contributed by atoms with Gasteiger partial charge in [-0.2, -0.15) is 8.42 Å². The Morgan fingerprint density at radius 1 is 0.833 bits per heavy atom. The van der Waals surface area contributed by atoms with Crippen molar-refractivity contribution in [2.75, 3.05) is 0 Å². The van der Waals surface area contributed by atoms with E-state index in [4.69, 9.17) is 0 Å². The molecule has 1 aromatic rings. The maximum Gasteiger partial charge on any atom is 0.294 e. The van der Waals surface area contributed by atoms with Gasteiger partial charge in [-0.1, -0.05) is 97.0 Å². The number of hydrogen-bond donors (Lipinski definition) is 1. The van der Waals surface area contributed by atoms with Crippen molar-refractivity contribution in [2.24, 2.45) is 0 Å². The van der Waals surface area contributed by atoms with Gasteiger partial charge in [0.15, 0.2) is 0 Å². The Kier molecular flexibility index (Phi) is 11.4. The van der Waals surface area contributed by atoms with Crippen molar-refractivity contribution in [3.63, 3.8) is 0 Å². The van der Waals surface area contributed by atoms with Gasteiger partial charge in [0.05, 0.1) is 4.90 Å². The molecule has 1 aliphatic carbocycles. The molecule has 4 heteroatoms. The highest BCUT2D eigenvalue weighted by Gasteiger charge is 2.27. The van der Waals surface area contributed by atoms with Crippen LogP contribution in [0.4, 0.5) is 0 Å². The third kappa shape index (κ3) is 8.00. The second kappa shape index (κ2) is 13.5. The van der Waals surface area contributed by atoms with Crippen molar-refractivity contribution in [3.8, 4) is 0 Å². The van der Waals surface area contributed by atoms with E-state index in [1.165, 1.54) is 75.3 Å². The molecule has 0 spiro atoms. The molecule has 0 atom stereocenters. The third-order valence-electron chi connectivity index (χ3n) is 6.87. The lowest BCUT2D eigenvalue weighted by atomic mass is 9.79. The van der Waals surface area contributed by atoms with Crippen molar-refractivity contribution >= 4 is 10.1 Å². The number of hydrogen-bond acceptors (Lipinski definition) is 2. The summed E-state index contributed by atoms with van der Waals surface area (Å²) in [5.74, 6) is 0.278. The molecule has 0 radical (unpaired) electrons. The van der Waals surface area contributed by atoms with Crippen LogP contribution in [0.2, 0.25) is 0 Å². The maximum absolute atomic E-state index is 12.1. The van der Waals surface area contributed by atoms with Gasteiger partial charge in [-0.3, -0.25) is 4.55 Å². The Hall–Kier alpha value is -0.870.